The van der Waals surface area contributed by atoms with Gasteiger partial charge in [-0.1, -0.05) is 6.92 Å². The van der Waals surface area contributed by atoms with Crippen LogP contribution in [0, 0.1) is 11.0 Å². The Bertz CT molecular complexity index is 110. The first-order valence-electron chi connectivity index (χ1n) is 3.07. The van der Waals surface area contributed by atoms with Crippen LogP contribution in [0.2, 0.25) is 19.1 Å². The predicted octanol–water partition coefficient (Wildman–Crippen LogP) is 1.06. The highest BCUT2D eigenvalue weighted by Crippen LogP contribution is 1.94. The van der Waals surface area contributed by atoms with Crippen molar-refractivity contribution >= 4 is 18.1 Å². The van der Waals surface area contributed by atoms with Crippen LogP contribution in [0.5, 0.6) is 0 Å². The minimum absolute atomic E-state index is 0.618. The van der Waals surface area contributed by atoms with Crippen LogP contribution in [0.25, 0.3) is 0 Å². The highest BCUT2D eigenvalue weighted by Gasteiger charge is 2.09. The minimum Gasteiger partial charge on any atom is -0.448 e. The Labute approximate surface area is 59.9 Å². The standard InChI is InChI=1S/C5H12NOSi2/c1-4-9(5-6)7-8(2)3/h9H,4H2,1-3H3. The Morgan fingerprint density at radius 1 is 1.67 bits per heavy atom. The average molecular weight is 158 g/mol. The van der Waals surface area contributed by atoms with Crippen LogP contribution in [0.4, 0.5) is 0 Å². The monoisotopic (exact) mass is 158 g/mol. The largest absolute Gasteiger partial charge is 0.448 e. The van der Waals surface area contributed by atoms with Gasteiger partial charge in [-0.15, -0.1) is 0 Å². The number of hydrogen-bond donors (Lipinski definition) is 0. The molecule has 0 rings (SSSR count). The van der Waals surface area contributed by atoms with E-state index in [1.54, 1.807) is 0 Å². The van der Waals surface area contributed by atoms with E-state index in [1.165, 1.54) is 0 Å². The molecule has 0 heterocycles. The molecule has 0 saturated heterocycles. The van der Waals surface area contributed by atoms with Crippen LogP contribution in [0.3, 0.4) is 0 Å². The maximum Gasteiger partial charge on any atom is 0.280 e. The van der Waals surface area contributed by atoms with Gasteiger partial charge < -0.3 is 4.12 Å². The maximum atomic E-state index is 8.48. The normalized spacial score (nSPS) is 13.2. The molecule has 51 valence electrons. The molecule has 0 saturated carbocycles. The fraction of sp³-hybridized carbons (Fsp3) is 0.800. The van der Waals surface area contributed by atoms with Crippen molar-refractivity contribution in [3.05, 3.63) is 0 Å². The van der Waals surface area contributed by atoms with Crippen molar-refractivity contribution in [1.29, 1.82) is 5.26 Å². The van der Waals surface area contributed by atoms with Gasteiger partial charge in [0.15, 0.2) is 9.04 Å². The molecule has 0 aliphatic heterocycles. The lowest BCUT2D eigenvalue weighted by Gasteiger charge is -2.07. The first-order chi connectivity index (χ1) is 4.20. The summed E-state index contributed by atoms with van der Waals surface area (Å²) in [4.78, 5) is 0. The summed E-state index contributed by atoms with van der Waals surface area (Å²) in [5.41, 5.74) is 2.23. The first-order valence-corrected chi connectivity index (χ1v) is 7.34. The first kappa shape index (κ1) is 8.88. The third-order valence-electron chi connectivity index (χ3n) is 0.893. The summed E-state index contributed by atoms with van der Waals surface area (Å²) in [6.45, 7) is 6.15. The molecule has 9 heavy (non-hydrogen) atoms. The van der Waals surface area contributed by atoms with Gasteiger partial charge in [0.25, 0.3) is 9.04 Å². The Morgan fingerprint density at radius 2 is 2.22 bits per heavy atom. The molecule has 0 spiro atoms. The molecule has 0 aromatic rings. The Morgan fingerprint density at radius 3 is 2.33 bits per heavy atom. The quantitative estimate of drug-likeness (QED) is 0.575. The van der Waals surface area contributed by atoms with Gasteiger partial charge in [0.1, 0.15) is 0 Å². The van der Waals surface area contributed by atoms with Crippen molar-refractivity contribution in [3.8, 4) is 5.69 Å². The third-order valence-corrected chi connectivity index (χ3v) is 4.95. The van der Waals surface area contributed by atoms with Crippen molar-refractivity contribution in [2.75, 3.05) is 0 Å². The lowest BCUT2D eigenvalue weighted by molar-refractivity contribution is 0.607. The van der Waals surface area contributed by atoms with Crippen LogP contribution >= 0.6 is 0 Å². The van der Waals surface area contributed by atoms with Gasteiger partial charge in [-0.2, -0.15) is 0 Å². The molecule has 0 fully saturated rings. The lowest BCUT2D eigenvalue weighted by atomic mass is 11.0. The average Bonchev–Trinajstić information content (AvgIpc) is 1.82. The summed E-state index contributed by atoms with van der Waals surface area (Å²) in [5, 5.41) is 8.48. The summed E-state index contributed by atoms with van der Waals surface area (Å²) >= 11 is 0. The summed E-state index contributed by atoms with van der Waals surface area (Å²) in [6, 6.07) is 0.937. The zero-order valence-corrected chi connectivity index (χ0v) is 8.29. The molecular weight excluding hydrogens is 146 g/mol. The molecule has 0 aliphatic carbocycles. The molecule has 4 heteroatoms. The fourth-order valence-electron chi connectivity index (χ4n) is 0.485. The molecule has 1 unspecified atom stereocenters. The molecule has 0 N–H and O–H groups in total. The predicted molar refractivity (Wildman–Crippen MR) is 41.8 cm³/mol. The fourth-order valence-corrected chi connectivity index (χ4v) is 3.82. The van der Waals surface area contributed by atoms with E-state index in [2.05, 4.69) is 18.8 Å². The highest BCUT2D eigenvalue weighted by molar-refractivity contribution is 6.69. The Hall–Kier alpha value is -0.116. The van der Waals surface area contributed by atoms with E-state index in [1.807, 2.05) is 6.92 Å². The van der Waals surface area contributed by atoms with E-state index in [4.69, 9.17) is 9.38 Å². The third kappa shape index (κ3) is 4.39. The van der Waals surface area contributed by atoms with E-state index in [0.29, 0.717) is 0 Å². The van der Waals surface area contributed by atoms with Crippen LogP contribution in [-0.4, -0.2) is 18.1 Å². The zero-order chi connectivity index (χ0) is 7.28. The van der Waals surface area contributed by atoms with E-state index >= 15 is 0 Å². The van der Waals surface area contributed by atoms with Gasteiger partial charge in [0, 0.05) is 0 Å². The SMILES string of the molecule is CC[SiH](C#N)O[Si](C)C. The number of nitrogens with zero attached hydrogens (tertiary/aromatic N) is 1. The molecule has 0 amide bonds. The van der Waals surface area contributed by atoms with Crippen molar-refractivity contribution in [1.82, 2.24) is 0 Å². The van der Waals surface area contributed by atoms with Gasteiger partial charge in [-0.3, -0.25) is 0 Å². The van der Waals surface area contributed by atoms with Crippen molar-refractivity contribution < 1.29 is 4.12 Å². The maximum absolute atomic E-state index is 8.48. The molecular formula is C5H12NOSi2. The second-order valence-electron chi connectivity index (χ2n) is 2.05. The van der Waals surface area contributed by atoms with Crippen molar-refractivity contribution in [2.45, 2.75) is 26.1 Å². The van der Waals surface area contributed by atoms with Crippen LogP contribution in [-0.2, 0) is 4.12 Å². The lowest BCUT2D eigenvalue weighted by Crippen LogP contribution is -2.22. The summed E-state index contributed by atoms with van der Waals surface area (Å²) in [5.74, 6) is 0. The van der Waals surface area contributed by atoms with Gasteiger partial charge in [-0.25, -0.2) is 5.26 Å². The molecule has 0 aromatic heterocycles. The molecule has 0 aliphatic rings. The number of nitriles is 1. The summed E-state index contributed by atoms with van der Waals surface area (Å²) in [7, 11) is -2.02. The van der Waals surface area contributed by atoms with Gasteiger partial charge in [-0.05, 0) is 19.1 Å². The van der Waals surface area contributed by atoms with Gasteiger partial charge in [0.2, 0.25) is 0 Å². The van der Waals surface area contributed by atoms with Crippen molar-refractivity contribution in [2.24, 2.45) is 0 Å². The van der Waals surface area contributed by atoms with Crippen LogP contribution < -0.4 is 0 Å². The van der Waals surface area contributed by atoms with Crippen LogP contribution in [0.1, 0.15) is 6.92 Å². The second kappa shape index (κ2) is 4.73. The van der Waals surface area contributed by atoms with E-state index in [0.717, 1.165) is 6.04 Å². The number of hydrogen-bond acceptors (Lipinski definition) is 2. The smallest absolute Gasteiger partial charge is 0.280 e. The Kier molecular flexibility index (Phi) is 4.67. The van der Waals surface area contributed by atoms with Crippen molar-refractivity contribution in [3.63, 3.8) is 0 Å². The molecule has 1 atom stereocenters. The summed E-state index contributed by atoms with van der Waals surface area (Å²) < 4.78 is 5.43. The Balaban J connectivity index is 3.47. The zero-order valence-electron chi connectivity index (χ0n) is 6.14. The second-order valence-corrected chi connectivity index (χ2v) is 6.86. The van der Waals surface area contributed by atoms with Gasteiger partial charge >= 0.3 is 0 Å². The van der Waals surface area contributed by atoms with E-state index in [9.17, 15) is 0 Å². The topological polar surface area (TPSA) is 33.0 Å². The summed E-state index contributed by atoms with van der Waals surface area (Å²) in [6.07, 6.45) is 0. The van der Waals surface area contributed by atoms with Gasteiger partial charge in [0.05, 0.1) is 5.69 Å². The highest BCUT2D eigenvalue weighted by atomic mass is 28.4. The van der Waals surface area contributed by atoms with Crippen LogP contribution in [0.15, 0.2) is 0 Å². The molecule has 0 bridgehead atoms. The van der Waals surface area contributed by atoms with E-state index in [-0.39, 0.29) is 0 Å². The minimum atomic E-state index is -1.40. The van der Waals surface area contributed by atoms with E-state index < -0.39 is 18.1 Å². The molecule has 2 nitrogen and oxygen atoms in total. The number of rotatable bonds is 3. The molecule has 0 aromatic carbocycles. The molecule has 1 radical (unpaired) electrons.